The number of hydrogen-bond donors (Lipinski definition) is 0. The highest BCUT2D eigenvalue weighted by Gasteiger charge is 2.02. The van der Waals surface area contributed by atoms with Gasteiger partial charge in [-0.25, -0.2) is 0 Å². The third-order valence-electron chi connectivity index (χ3n) is 3.16. The van der Waals surface area contributed by atoms with E-state index in [-0.39, 0.29) is 9.52 Å². The van der Waals surface area contributed by atoms with Gasteiger partial charge in [0.1, 0.15) is 0 Å². The molecule has 0 saturated carbocycles. The van der Waals surface area contributed by atoms with E-state index in [9.17, 15) is 0 Å². The van der Waals surface area contributed by atoms with E-state index in [2.05, 4.69) is 61.5 Å². The largest absolute Gasteiger partial charge is 0.0878 e. The van der Waals surface area contributed by atoms with Crippen LogP contribution < -0.4 is 10.4 Å². The van der Waals surface area contributed by atoms with Crippen molar-refractivity contribution >= 4 is 19.9 Å². The summed E-state index contributed by atoms with van der Waals surface area (Å²) in [5, 5.41) is 3.16. The van der Waals surface area contributed by atoms with Crippen LogP contribution in [-0.2, 0) is 6.42 Å². The molecule has 0 fully saturated rings. The summed E-state index contributed by atoms with van der Waals surface area (Å²) in [6.45, 7) is 2.26. The fraction of sp³-hybridized carbons (Fsp3) is 0.250. The Morgan fingerprint density at radius 3 is 2.35 bits per heavy atom. The number of benzene rings is 2. The zero-order valence-corrected chi connectivity index (χ0v) is 11.9. The molecule has 0 bridgehead atoms. The Balaban J connectivity index is 2.15. The van der Waals surface area contributed by atoms with Crippen LogP contribution in [0.2, 0.25) is 0 Å². The number of hydrogen-bond acceptors (Lipinski definition) is 0. The summed E-state index contributed by atoms with van der Waals surface area (Å²) < 4.78 is 0. The van der Waals surface area contributed by atoms with Crippen LogP contribution >= 0.6 is 0 Å². The summed E-state index contributed by atoms with van der Waals surface area (Å²) in [5.41, 5.74) is 1.57. The van der Waals surface area contributed by atoms with Gasteiger partial charge in [-0.3, -0.25) is 0 Å². The lowest BCUT2D eigenvalue weighted by molar-refractivity contribution is 0.798. The molecule has 0 aliphatic carbocycles. The molecule has 0 atom stereocenters. The second kappa shape index (κ2) is 6.41. The Kier molecular flexibility index (Phi) is 4.57. The van der Waals surface area contributed by atoms with Gasteiger partial charge in [0.2, 0.25) is 0 Å². The molecular formula is C16H20Si. The number of rotatable bonds is 5. The van der Waals surface area contributed by atoms with Crippen LogP contribution in [0.5, 0.6) is 0 Å². The van der Waals surface area contributed by atoms with Crippen molar-refractivity contribution in [2.45, 2.75) is 26.2 Å². The van der Waals surface area contributed by atoms with Gasteiger partial charge in [0.25, 0.3) is 0 Å². The predicted octanol–water partition coefficient (Wildman–Crippen LogP) is 2.15. The molecule has 17 heavy (non-hydrogen) atoms. The zero-order valence-electron chi connectivity index (χ0n) is 10.5. The first-order valence-electron chi connectivity index (χ1n) is 6.51. The Bertz CT molecular complexity index is 448. The fourth-order valence-electron chi connectivity index (χ4n) is 2.16. The number of aryl methyl sites for hydroxylation is 1. The summed E-state index contributed by atoms with van der Waals surface area (Å²) in [6, 6.07) is 19.9. The maximum absolute atomic E-state index is 2.32. The van der Waals surface area contributed by atoms with Crippen molar-refractivity contribution in [2.75, 3.05) is 0 Å². The Hall–Kier alpha value is -1.34. The topological polar surface area (TPSA) is 0 Å². The van der Waals surface area contributed by atoms with Crippen LogP contribution in [0.15, 0.2) is 54.6 Å². The first-order valence-corrected chi connectivity index (χ1v) is 7.92. The summed E-state index contributed by atoms with van der Waals surface area (Å²) in [5.74, 6) is 0. The molecule has 0 unspecified atom stereocenters. The highest BCUT2D eigenvalue weighted by molar-refractivity contribution is 6.67. The second-order valence-electron chi connectivity index (χ2n) is 4.53. The quantitative estimate of drug-likeness (QED) is 0.703. The van der Waals surface area contributed by atoms with Crippen molar-refractivity contribution in [3.05, 3.63) is 60.2 Å². The molecule has 0 aromatic heterocycles. The van der Waals surface area contributed by atoms with Crippen molar-refractivity contribution in [2.24, 2.45) is 0 Å². The maximum atomic E-state index is 2.32. The van der Waals surface area contributed by atoms with E-state index in [1.54, 1.807) is 10.8 Å². The van der Waals surface area contributed by atoms with Crippen molar-refractivity contribution in [1.29, 1.82) is 0 Å². The van der Waals surface area contributed by atoms with Crippen molar-refractivity contribution in [3.63, 3.8) is 0 Å². The van der Waals surface area contributed by atoms with Crippen molar-refractivity contribution in [1.82, 2.24) is 0 Å². The zero-order chi connectivity index (χ0) is 11.9. The molecule has 0 heterocycles. The van der Waals surface area contributed by atoms with Crippen molar-refractivity contribution < 1.29 is 0 Å². The van der Waals surface area contributed by atoms with Gasteiger partial charge in [-0.15, -0.1) is 0 Å². The molecule has 0 nitrogen and oxygen atoms in total. The van der Waals surface area contributed by atoms with Gasteiger partial charge < -0.3 is 0 Å². The molecule has 0 amide bonds. The van der Waals surface area contributed by atoms with E-state index in [0.29, 0.717) is 0 Å². The smallest absolute Gasteiger partial charge is 0.0654 e. The van der Waals surface area contributed by atoms with E-state index < -0.39 is 0 Å². The molecule has 2 rings (SSSR count). The van der Waals surface area contributed by atoms with Crippen LogP contribution in [0.3, 0.4) is 0 Å². The SMILES string of the molecule is CCCCc1ccccc1[SiH2]c1ccccc1. The Labute approximate surface area is 107 Å². The molecule has 88 valence electrons. The monoisotopic (exact) mass is 240 g/mol. The van der Waals surface area contributed by atoms with Crippen molar-refractivity contribution in [3.8, 4) is 0 Å². The van der Waals surface area contributed by atoms with Gasteiger partial charge in [-0.05, 0) is 18.4 Å². The molecule has 0 N–H and O–H groups in total. The summed E-state index contributed by atoms with van der Waals surface area (Å²) in [6.07, 6.45) is 3.83. The molecule has 2 aromatic carbocycles. The first-order chi connectivity index (χ1) is 8.40. The predicted molar refractivity (Wildman–Crippen MR) is 79.3 cm³/mol. The second-order valence-corrected chi connectivity index (χ2v) is 6.47. The van der Waals surface area contributed by atoms with E-state index in [1.165, 1.54) is 24.4 Å². The highest BCUT2D eigenvalue weighted by Crippen LogP contribution is 2.02. The Morgan fingerprint density at radius 1 is 0.882 bits per heavy atom. The van der Waals surface area contributed by atoms with Gasteiger partial charge in [0, 0.05) is 0 Å². The average molecular weight is 240 g/mol. The molecule has 2 aromatic rings. The van der Waals surface area contributed by atoms with Gasteiger partial charge in [-0.1, -0.05) is 78.3 Å². The van der Waals surface area contributed by atoms with Crippen LogP contribution in [0, 0.1) is 0 Å². The van der Waals surface area contributed by atoms with E-state index in [0.717, 1.165) is 0 Å². The minimum Gasteiger partial charge on any atom is -0.0654 e. The Morgan fingerprint density at radius 2 is 1.59 bits per heavy atom. The number of unbranched alkanes of at least 4 members (excludes halogenated alkanes) is 1. The first kappa shape index (κ1) is 12.1. The van der Waals surface area contributed by atoms with E-state index >= 15 is 0 Å². The average Bonchev–Trinajstić information content (AvgIpc) is 2.39. The molecule has 0 radical (unpaired) electrons. The van der Waals surface area contributed by atoms with Crippen LogP contribution in [0.1, 0.15) is 25.3 Å². The van der Waals surface area contributed by atoms with Crippen LogP contribution in [0.25, 0.3) is 0 Å². The van der Waals surface area contributed by atoms with Gasteiger partial charge >= 0.3 is 0 Å². The summed E-state index contributed by atoms with van der Waals surface area (Å²) >= 11 is 0. The van der Waals surface area contributed by atoms with Crippen LogP contribution in [-0.4, -0.2) is 9.52 Å². The third kappa shape index (κ3) is 3.57. The van der Waals surface area contributed by atoms with Gasteiger partial charge in [-0.2, -0.15) is 0 Å². The molecule has 1 heteroatoms. The minimum atomic E-state index is -0.291. The standard InChI is InChI=1S/C16H20Si/c1-2-3-9-14-10-7-8-13-16(14)17-15-11-5-4-6-12-15/h4-8,10-13H,2-3,9,17H2,1H3. The minimum absolute atomic E-state index is 0.291. The third-order valence-corrected chi connectivity index (χ3v) is 5.11. The van der Waals surface area contributed by atoms with Gasteiger partial charge in [0.05, 0.1) is 9.52 Å². The summed E-state index contributed by atoms with van der Waals surface area (Å²) in [7, 11) is -0.291. The molecule has 0 saturated heterocycles. The molecule has 0 spiro atoms. The van der Waals surface area contributed by atoms with Crippen LogP contribution in [0.4, 0.5) is 0 Å². The lowest BCUT2D eigenvalue weighted by Gasteiger charge is -2.08. The maximum Gasteiger partial charge on any atom is 0.0878 e. The van der Waals surface area contributed by atoms with E-state index in [1.807, 2.05) is 0 Å². The molecule has 0 aliphatic heterocycles. The normalized spacial score (nSPS) is 11.1. The lowest BCUT2D eigenvalue weighted by Crippen LogP contribution is -2.29. The molecule has 0 aliphatic rings. The van der Waals surface area contributed by atoms with E-state index in [4.69, 9.17) is 0 Å². The molecular weight excluding hydrogens is 220 g/mol. The highest BCUT2D eigenvalue weighted by atomic mass is 28.2. The van der Waals surface area contributed by atoms with Gasteiger partial charge in [0.15, 0.2) is 0 Å². The summed E-state index contributed by atoms with van der Waals surface area (Å²) in [4.78, 5) is 0. The lowest BCUT2D eigenvalue weighted by atomic mass is 10.1. The fourth-order valence-corrected chi connectivity index (χ4v) is 3.88.